The highest BCUT2D eigenvalue weighted by atomic mass is 35.5. The van der Waals surface area contributed by atoms with E-state index in [1.165, 1.54) is 17.8 Å². The molecule has 2 aliphatic rings. The number of benzene rings is 1. The summed E-state index contributed by atoms with van der Waals surface area (Å²) in [5, 5.41) is 4.55. The second kappa shape index (κ2) is 8.11. The number of carbonyl (C=O) groups is 1. The molecule has 1 aromatic carbocycles. The van der Waals surface area contributed by atoms with Crippen LogP contribution in [0.1, 0.15) is 61.4 Å². The minimum atomic E-state index is -0.303. The smallest absolute Gasteiger partial charge is 0.253 e. The molecule has 1 N–H and O–H groups in total. The van der Waals surface area contributed by atoms with Crippen molar-refractivity contribution in [3.8, 4) is 0 Å². The van der Waals surface area contributed by atoms with Gasteiger partial charge in [0.2, 0.25) is 0 Å². The number of halogens is 2. The third kappa shape index (κ3) is 3.99. The summed E-state index contributed by atoms with van der Waals surface area (Å²) in [5.74, 6) is 1.81. The summed E-state index contributed by atoms with van der Waals surface area (Å²) in [6, 6.07) is 10.3. The summed E-state index contributed by atoms with van der Waals surface area (Å²) in [5.41, 5.74) is 2.31. The average Bonchev–Trinajstić information content (AvgIpc) is 3.33. The molecule has 32 heavy (non-hydrogen) atoms. The number of nitrogens with zero attached hydrogens (tertiary/aromatic N) is 2. The summed E-state index contributed by atoms with van der Waals surface area (Å²) in [6.07, 6.45) is 7.79. The summed E-state index contributed by atoms with van der Waals surface area (Å²) in [6.45, 7) is 4.24. The van der Waals surface area contributed by atoms with Crippen LogP contribution in [0.3, 0.4) is 0 Å². The van der Waals surface area contributed by atoms with Crippen LogP contribution in [0.15, 0.2) is 48.8 Å². The van der Waals surface area contributed by atoms with Crippen molar-refractivity contribution in [3.63, 3.8) is 0 Å². The van der Waals surface area contributed by atoms with E-state index in [-0.39, 0.29) is 17.3 Å². The molecule has 2 aliphatic carbocycles. The Labute approximate surface area is 192 Å². The lowest BCUT2D eigenvalue weighted by Crippen LogP contribution is -2.48. The van der Waals surface area contributed by atoms with Gasteiger partial charge in [-0.1, -0.05) is 11.6 Å². The maximum absolute atomic E-state index is 13.9. The van der Waals surface area contributed by atoms with E-state index in [9.17, 15) is 9.18 Å². The van der Waals surface area contributed by atoms with Gasteiger partial charge in [0.05, 0.1) is 11.1 Å². The van der Waals surface area contributed by atoms with Gasteiger partial charge in [-0.05, 0) is 105 Å². The van der Waals surface area contributed by atoms with Crippen LogP contribution in [0.2, 0.25) is 5.15 Å². The SMILES string of the molecule is CC(C)(NC(=O)c1ccc(Cl)nc1)[C@H]1C[C@H]2C[C@@H](c3ccnc4ccc(F)cc34)C[C@H]2C1. The van der Waals surface area contributed by atoms with Gasteiger partial charge >= 0.3 is 0 Å². The van der Waals surface area contributed by atoms with E-state index in [2.05, 4.69) is 35.2 Å². The zero-order valence-electron chi connectivity index (χ0n) is 18.3. The molecule has 6 heteroatoms. The van der Waals surface area contributed by atoms with Crippen molar-refractivity contribution in [2.45, 2.75) is 51.0 Å². The molecular formula is C26H27ClFN3O. The highest BCUT2D eigenvalue weighted by Crippen LogP contribution is 2.55. The summed E-state index contributed by atoms with van der Waals surface area (Å²) < 4.78 is 13.9. The van der Waals surface area contributed by atoms with Crippen LogP contribution in [0.5, 0.6) is 0 Å². The first-order chi connectivity index (χ1) is 15.3. The third-order valence-electron chi connectivity index (χ3n) is 7.64. The molecular weight excluding hydrogens is 425 g/mol. The Kier molecular flexibility index (Phi) is 5.40. The normalized spacial score (nSPS) is 25.1. The Morgan fingerprint density at radius 1 is 1.06 bits per heavy atom. The lowest BCUT2D eigenvalue weighted by atomic mass is 9.82. The van der Waals surface area contributed by atoms with Gasteiger partial charge in [0.15, 0.2) is 0 Å². The van der Waals surface area contributed by atoms with E-state index in [1.54, 1.807) is 24.3 Å². The van der Waals surface area contributed by atoms with Crippen LogP contribution in [0, 0.1) is 23.6 Å². The molecule has 2 heterocycles. The fraction of sp³-hybridized carbons (Fsp3) is 0.423. The predicted octanol–water partition coefficient (Wildman–Crippen LogP) is 6.15. The Bertz CT molecular complexity index is 1150. The molecule has 0 saturated heterocycles. The fourth-order valence-electron chi connectivity index (χ4n) is 5.93. The van der Waals surface area contributed by atoms with Crippen LogP contribution in [-0.2, 0) is 0 Å². The first kappa shape index (κ1) is 21.3. The zero-order valence-corrected chi connectivity index (χ0v) is 19.1. The average molecular weight is 452 g/mol. The monoisotopic (exact) mass is 451 g/mol. The molecule has 2 aromatic heterocycles. The molecule has 0 bridgehead atoms. The lowest BCUT2D eigenvalue weighted by molar-refractivity contribution is 0.0877. The number of nitrogens with one attached hydrogen (secondary N) is 1. The van der Waals surface area contributed by atoms with E-state index in [4.69, 9.17) is 11.6 Å². The highest BCUT2D eigenvalue weighted by Gasteiger charge is 2.47. The van der Waals surface area contributed by atoms with E-state index in [0.29, 0.717) is 34.4 Å². The van der Waals surface area contributed by atoms with Crippen LogP contribution in [0.25, 0.3) is 10.9 Å². The molecule has 4 atom stereocenters. The number of carbonyl (C=O) groups excluding carboxylic acids is 1. The van der Waals surface area contributed by atoms with Crippen LogP contribution in [0.4, 0.5) is 4.39 Å². The summed E-state index contributed by atoms with van der Waals surface area (Å²) >= 11 is 5.84. The molecule has 1 amide bonds. The summed E-state index contributed by atoms with van der Waals surface area (Å²) in [4.78, 5) is 21.2. The maximum atomic E-state index is 13.9. The van der Waals surface area contributed by atoms with Crippen LogP contribution in [-0.4, -0.2) is 21.4 Å². The Morgan fingerprint density at radius 3 is 2.50 bits per heavy atom. The minimum Gasteiger partial charge on any atom is -0.347 e. The topological polar surface area (TPSA) is 54.9 Å². The minimum absolute atomic E-state index is 0.112. The van der Waals surface area contributed by atoms with Crippen molar-refractivity contribution in [1.82, 2.24) is 15.3 Å². The first-order valence-electron chi connectivity index (χ1n) is 11.3. The van der Waals surface area contributed by atoms with Gasteiger partial charge in [-0.15, -0.1) is 0 Å². The standard InChI is InChI=1S/C26H27ClFN3O/c1-26(2,31-25(32)15-3-6-24(27)30-14-15)19-11-16-9-18(10-17(16)12-19)21-7-8-29-23-5-4-20(28)13-22(21)23/h3-8,13-14,16-19H,9-12H2,1-2H3,(H,31,32)/t16-,17+,18-,19+. The number of pyridine rings is 2. The molecule has 0 aliphatic heterocycles. The largest absolute Gasteiger partial charge is 0.347 e. The van der Waals surface area contributed by atoms with Gasteiger partial charge in [0.1, 0.15) is 11.0 Å². The number of hydrogen-bond acceptors (Lipinski definition) is 3. The van der Waals surface area contributed by atoms with Crippen molar-refractivity contribution in [2.24, 2.45) is 17.8 Å². The van der Waals surface area contributed by atoms with Crippen LogP contribution >= 0.6 is 11.6 Å². The Balaban J connectivity index is 1.27. The van der Waals surface area contributed by atoms with E-state index in [1.807, 2.05) is 6.20 Å². The van der Waals surface area contributed by atoms with Gasteiger partial charge < -0.3 is 5.32 Å². The number of aromatic nitrogens is 2. The third-order valence-corrected chi connectivity index (χ3v) is 7.86. The zero-order chi connectivity index (χ0) is 22.5. The van der Waals surface area contributed by atoms with E-state index < -0.39 is 0 Å². The van der Waals surface area contributed by atoms with E-state index in [0.717, 1.165) is 36.6 Å². The second-order valence-electron chi connectivity index (χ2n) is 9.96. The Morgan fingerprint density at radius 2 is 1.81 bits per heavy atom. The van der Waals surface area contributed by atoms with Crippen molar-refractivity contribution in [2.75, 3.05) is 0 Å². The number of rotatable bonds is 4. The highest BCUT2D eigenvalue weighted by molar-refractivity contribution is 6.29. The van der Waals surface area contributed by atoms with Crippen LogP contribution < -0.4 is 5.32 Å². The maximum Gasteiger partial charge on any atom is 0.253 e. The van der Waals surface area contributed by atoms with Crippen molar-refractivity contribution >= 4 is 28.4 Å². The molecule has 2 fully saturated rings. The molecule has 3 aromatic rings. The second-order valence-corrected chi connectivity index (χ2v) is 10.4. The van der Waals surface area contributed by atoms with Gasteiger partial charge in [0, 0.05) is 23.3 Å². The summed E-state index contributed by atoms with van der Waals surface area (Å²) in [7, 11) is 0. The van der Waals surface area contributed by atoms with E-state index >= 15 is 0 Å². The number of hydrogen-bond donors (Lipinski definition) is 1. The quantitative estimate of drug-likeness (QED) is 0.484. The molecule has 4 nitrogen and oxygen atoms in total. The molecule has 0 unspecified atom stereocenters. The van der Waals surface area contributed by atoms with Gasteiger partial charge in [-0.3, -0.25) is 9.78 Å². The molecule has 0 spiro atoms. The van der Waals surface area contributed by atoms with Crippen molar-refractivity contribution < 1.29 is 9.18 Å². The van der Waals surface area contributed by atoms with Crippen molar-refractivity contribution in [1.29, 1.82) is 0 Å². The number of amides is 1. The molecule has 0 radical (unpaired) electrons. The molecule has 166 valence electrons. The molecule has 2 saturated carbocycles. The van der Waals surface area contributed by atoms with Gasteiger partial charge in [0.25, 0.3) is 5.91 Å². The van der Waals surface area contributed by atoms with Gasteiger partial charge in [-0.25, -0.2) is 9.37 Å². The first-order valence-corrected chi connectivity index (χ1v) is 11.7. The predicted molar refractivity (Wildman–Crippen MR) is 124 cm³/mol. The lowest BCUT2D eigenvalue weighted by Gasteiger charge is -2.34. The number of fused-ring (bicyclic) bond motifs is 2. The Hall–Kier alpha value is -2.53. The van der Waals surface area contributed by atoms with Crippen molar-refractivity contribution in [3.05, 3.63) is 70.9 Å². The molecule has 5 rings (SSSR count). The fourth-order valence-corrected chi connectivity index (χ4v) is 6.04. The van der Waals surface area contributed by atoms with Gasteiger partial charge in [-0.2, -0.15) is 0 Å².